The molecule has 1 aliphatic rings. The van der Waals surface area contributed by atoms with Gasteiger partial charge in [0, 0.05) is 38.3 Å². The molecule has 1 saturated heterocycles. The second-order valence-corrected chi connectivity index (χ2v) is 9.36. The number of aliphatic hydroxyl groups excluding tert-OH is 1. The summed E-state index contributed by atoms with van der Waals surface area (Å²) in [5.41, 5.74) is 1.83. The van der Waals surface area contributed by atoms with Crippen LogP contribution in [0.25, 0.3) is 0 Å². The van der Waals surface area contributed by atoms with Gasteiger partial charge >= 0.3 is 0 Å². The van der Waals surface area contributed by atoms with Crippen LogP contribution in [-0.2, 0) is 13.1 Å². The van der Waals surface area contributed by atoms with Gasteiger partial charge < -0.3 is 19.7 Å². The van der Waals surface area contributed by atoms with Crippen LogP contribution in [0.5, 0.6) is 11.5 Å². The first-order chi connectivity index (χ1) is 16.8. The van der Waals surface area contributed by atoms with E-state index < -0.39 is 11.7 Å². The number of aliphatic hydroxyl groups is 2. The van der Waals surface area contributed by atoms with Crippen LogP contribution in [0.1, 0.15) is 29.8 Å². The van der Waals surface area contributed by atoms with Crippen LogP contribution < -0.4 is 9.47 Å². The molecule has 1 fully saturated rings. The highest BCUT2D eigenvalue weighted by atomic mass is 19.1. The summed E-state index contributed by atoms with van der Waals surface area (Å²) in [5.74, 6) is 0.906. The Morgan fingerprint density at radius 2 is 1.89 bits per heavy atom. The lowest BCUT2D eigenvalue weighted by Crippen LogP contribution is -2.59. The lowest BCUT2D eigenvalue weighted by Gasteiger charge is -2.42. The Kier molecular flexibility index (Phi) is 8.05. The zero-order chi connectivity index (χ0) is 24.8. The highest BCUT2D eigenvalue weighted by Crippen LogP contribution is 2.26. The Hall–Kier alpha value is -2.94. The maximum Gasteiger partial charge on any atom is 0.137 e. The first-order valence-corrected chi connectivity index (χ1v) is 12.0. The quantitative estimate of drug-likeness (QED) is 0.430. The summed E-state index contributed by atoms with van der Waals surface area (Å²) in [6, 6.07) is 15.6. The average Bonchev–Trinajstić information content (AvgIpc) is 3.16. The molecule has 2 heterocycles. The lowest BCUT2D eigenvalue weighted by molar-refractivity contribution is -0.140. The summed E-state index contributed by atoms with van der Waals surface area (Å²) in [7, 11) is 0. The largest absolute Gasteiger partial charge is 0.494 e. The van der Waals surface area contributed by atoms with Gasteiger partial charge in [-0.1, -0.05) is 12.1 Å². The van der Waals surface area contributed by atoms with Crippen molar-refractivity contribution in [3.05, 3.63) is 77.4 Å². The fourth-order valence-corrected chi connectivity index (χ4v) is 4.46. The fourth-order valence-electron chi connectivity index (χ4n) is 4.46. The van der Waals surface area contributed by atoms with E-state index in [4.69, 9.17) is 9.47 Å². The molecule has 2 atom stereocenters. The van der Waals surface area contributed by atoms with E-state index in [0.717, 1.165) is 35.7 Å². The standard InChI is InChI=1S/C27H34FN3O4/c1-20-15-21(2)31(29-20)12-4-14-34-25-6-3-5-22(16-25)17-30-13-11-26(32)27(33,18-30)19-35-24-9-7-23(28)8-10-24/h3,5-10,15-16,26,32-33H,4,11-14,17-19H2,1-2H3/t26-,27-/m0/s1. The molecule has 1 aromatic heterocycles. The molecule has 3 aromatic rings. The van der Waals surface area contributed by atoms with E-state index >= 15 is 0 Å². The third-order valence-corrected chi connectivity index (χ3v) is 6.33. The molecule has 188 valence electrons. The Labute approximate surface area is 205 Å². The van der Waals surface area contributed by atoms with Crippen molar-refractivity contribution >= 4 is 0 Å². The van der Waals surface area contributed by atoms with Crippen molar-refractivity contribution in [3.8, 4) is 11.5 Å². The normalized spacial score (nSPS) is 20.7. The van der Waals surface area contributed by atoms with E-state index in [1.165, 1.54) is 24.3 Å². The number of hydrogen-bond acceptors (Lipinski definition) is 6. The third-order valence-electron chi connectivity index (χ3n) is 6.33. The molecule has 2 N–H and O–H groups in total. The molecular weight excluding hydrogens is 449 g/mol. The zero-order valence-electron chi connectivity index (χ0n) is 20.4. The number of likely N-dealkylation sites (tertiary alicyclic amines) is 1. The Balaban J connectivity index is 1.28. The first-order valence-electron chi connectivity index (χ1n) is 12.0. The number of piperidine rings is 1. The van der Waals surface area contributed by atoms with Crippen molar-refractivity contribution in [2.24, 2.45) is 0 Å². The van der Waals surface area contributed by atoms with Crippen LogP contribution >= 0.6 is 0 Å². The van der Waals surface area contributed by atoms with Crippen LogP contribution in [0.4, 0.5) is 4.39 Å². The molecular formula is C27H34FN3O4. The van der Waals surface area contributed by atoms with Crippen molar-refractivity contribution < 1.29 is 24.1 Å². The van der Waals surface area contributed by atoms with Crippen LogP contribution in [0, 0.1) is 19.7 Å². The van der Waals surface area contributed by atoms with Gasteiger partial charge in [0.1, 0.15) is 29.5 Å². The Morgan fingerprint density at radius 1 is 1.09 bits per heavy atom. The molecule has 35 heavy (non-hydrogen) atoms. The molecule has 7 nitrogen and oxygen atoms in total. The monoisotopic (exact) mass is 483 g/mol. The predicted octanol–water partition coefficient (Wildman–Crippen LogP) is 3.48. The minimum atomic E-state index is -1.41. The Bertz CT molecular complexity index is 1100. The lowest BCUT2D eigenvalue weighted by atomic mass is 9.90. The van der Waals surface area contributed by atoms with Gasteiger partial charge in [-0.2, -0.15) is 5.10 Å². The second-order valence-electron chi connectivity index (χ2n) is 9.36. The van der Waals surface area contributed by atoms with Crippen molar-refractivity contribution in [2.75, 3.05) is 26.3 Å². The molecule has 0 unspecified atom stereocenters. The maximum absolute atomic E-state index is 13.1. The predicted molar refractivity (Wildman–Crippen MR) is 131 cm³/mol. The number of aromatic nitrogens is 2. The summed E-state index contributed by atoms with van der Waals surface area (Å²) < 4.78 is 26.7. The van der Waals surface area contributed by atoms with Crippen molar-refractivity contribution in [1.82, 2.24) is 14.7 Å². The summed E-state index contributed by atoms with van der Waals surface area (Å²) in [6.07, 6.45) is 0.402. The van der Waals surface area contributed by atoms with E-state index in [9.17, 15) is 14.6 Å². The van der Waals surface area contributed by atoms with Crippen LogP contribution in [-0.4, -0.2) is 62.9 Å². The number of halogens is 1. The zero-order valence-corrected chi connectivity index (χ0v) is 20.4. The van der Waals surface area contributed by atoms with Gasteiger partial charge in [-0.25, -0.2) is 4.39 Å². The minimum absolute atomic E-state index is 0.0747. The number of ether oxygens (including phenoxy) is 2. The van der Waals surface area contributed by atoms with Crippen molar-refractivity contribution in [3.63, 3.8) is 0 Å². The number of rotatable bonds is 10. The molecule has 4 rings (SSSR count). The van der Waals surface area contributed by atoms with E-state index in [0.29, 0.717) is 31.9 Å². The molecule has 0 amide bonds. The average molecular weight is 484 g/mol. The van der Waals surface area contributed by atoms with Crippen molar-refractivity contribution in [1.29, 1.82) is 0 Å². The maximum atomic E-state index is 13.1. The number of aryl methyl sites for hydroxylation is 3. The molecule has 0 spiro atoms. The molecule has 8 heteroatoms. The van der Waals surface area contributed by atoms with Crippen LogP contribution in [0.15, 0.2) is 54.6 Å². The molecule has 0 saturated carbocycles. The molecule has 0 bridgehead atoms. The number of benzene rings is 2. The highest BCUT2D eigenvalue weighted by molar-refractivity contribution is 5.28. The summed E-state index contributed by atoms with van der Waals surface area (Å²) in [4.78, 5) is 2.10. The van der Waals surface area contributed by atoms with Gasteiger partial charge in [0.25, 0.3) is 0 Å². The van der Waals surface area contributed by atoms with Gasteiger partial charge in [0.2, 0.25) is 0 Å². The number of β-amino-alcohol motifs (C(OH)–C–C–N with tert-alkyl or cyclic N) is 1. The first kappa shape index (κ1) is 25.2. The second kappa shape index (κ2) is 11.2. The topological polar surface area (TPSA) is 80.0 Å². The summed E-state index contributed by atoms with van der Waals surface area (Å²) >= 11 is 0. The number of hydrogen-bond donors (Lipinski definition) is 2. The smallest absolute Gasteiger partial charge is 0.137 e. The molecule has 1 aliphatic heterocycles. The van der Waals surface area contributed by atoms with Gasteiger partial charge in [0.05, 0.1) is 18.4 Å². The van der Waals surface area contributed by atoms with Gasteiger partial charge in [-0.15, -0.1) is 0 Å². The van der Waals surface area contributed by atoms with E-state index in [2.05, 4.69) is 23.0 Å². The minimum Gasteiger partial charge on any atom is -0.494 e. The van der Waals surface area contributed by atoms with E-state index in [-0.39, 0.29) is 19.0 Å². The highest BCUT2D eigenvalue weighted by Gasteiger charge is 2.42. The SMILES string of the molecule is Cc1cc(C)n(CCCOc2cccc(CN3CC[C@H](O)[C@@](O)(COc4ccc(F)cc4)C3)c2)n1. The van der Waals surface area contributed by atoms with E-state index in [1.54, 1.807) is 0 Å². The summed E-state index contributed by atoms with van der Waals surface area (Å²) in [5, 5.41) is 26.0. The fraction of sp³-hybridized carbons (Fsp3) is 0.444. The van der Waals surface area contributed by atoms with Crippen molar-refractivity contribution in [2.45, 2.75) is 51.5 Å². The van der Waals surface area contributed by atoms with Crippen LogP contribution in [0.2, 0.25) is 0 Å². The van der Waals surface area contributed by atoms with Gasteiger partial charge in [-0.05, 0) is 68.3 Å². The number of nitrogens with zero attached hydrogens (tertiary/aromatic N) is 3. The molecule has 0 aliphatic carbocycles. The third kappa shape index (κ3) is 6.81. The molecule has 0 radical (unpaired) electrons. The van der Waals surface area contributed by atoms with E-state index in [1.807, 2.05) is 35.9 Å². The summed E-state index contributed by atoms with van der Waals surface area (Å²) in [6.45, 7) is 6.93. The van der Waals surface area contributed by atoms with Gasteiger partial charge in [0.15, 0.2) is 0 Å². The Morgan fingerprint density at radius 3 is 2.63 bits per heavy atom. The van der Waals surface area contributed by atoms with Crippen LogP contribution in [0.3, 0.4) is 0 Å². The van der Waals surface area contributed by atoms with Gasteiger partial charge in [-0.3, -0.25) is 9.58 Å². The molecule has 2 aromatic carbocycles.